The summed E-state index contributed by atoms with van der Waals surface area (Å²) in [7, 11) is -3.86. The van der Waals surface area contributed by atoms with Crippen LogP contribution in [0.15, 0.2) is 126 Å². The summed E-state index contributed by atoms with van der Waals surface area (Å²) in [6.07, 6.45) is 4.08. The number of nitrogens with one attached hydrogen (secondary N) is 1. The topological polar surface area (TPSA) is 114 Å². The number of hydrogen-bond acceptors (Lipinski definition) is 6. The molecule has 1 aliphatic rings. The van der Waals surface area contributed by atoms with Gasteiger partial charge >= 0.3 is 5.97 Å². The SMILES string of the molecule is O=C(O)c1ccc(CCCc2c(CCNS(=O)(=O)c3ccc(N4CCOCC4)nc3)n(C(c3ccccc3)c3ccccc3)c3ccc(Cl)cc23)cc1. The lowest BCUT2D eigenvalue weighted by Gasteiger charge is -2.27. The first kappa shape index (κ1) is 36.4. The van der Waals surface area contributed by atoms with E-state index in [9.17, 15) is 18.3 Å². The summed E-state index contributed by atoms with van der Waals surface area (Å²) < 4.78 is 37.9. The van der Waals surface area contributed by atoms with E-state index in [1.165, 1.54) is 6.20 Å². The van der Waals surface area contributed by atoms with Gasteiger partial charge in [0.25, 0.3) is 0 Å². The van der Waals surface area contributed by atoms with Crippen LogP contribution < -0.4 is 9.62 Å². The van der Waals surface area contributed by atoms with Crippen LogP contribution >= 0.6 is 11.6 Å². The summed E-state index contributed by atoms with van der Waals surface area (Å²) >= 11 is 6.66. The van der Waals surface area contributed by atoms with Gasteiger partial charge in [-0.15, -0.1) is 0 Å². The van der Waals surface area contributed by atoms with E-state index >= 15 is 0 Å². The molecule has 4 aromatic carbocycles. The Labute approximate surface area is 314 Å². The molecule has 9 nitrogen and oxygen atoms in total. The molecule has 0 saturated carbocycles. The molecule has 11 heteroatoms. The van der Waals surface area contributed by atoms with E-state index in [1.54, 1.807) is 24.3 Å². The van der Waals surface area contributed by atoms with Crippen LogP contribution in [0.1, 0.15) is 50.8 Å². The van der Waals surface area contributed by atoms with Gasteiger partial charge in [0.2, 0.25) is 10.0 Å². The number of ether oxygens (including phenoxy) is 1. The molecule has 3 heterocycles. The van der Waals surface area contributed by atoms with E-state index in [4.69, 9.17) is 16.3 Å². The first-order valence-corrected chi connectivity index (χ1v) is 19.7. The van der Waals surface area contributed by atoms with Crippen LogP contribution in [0.4, 0.5) is 5.82 Å². The van der Waals surface area contributed by atoms with Gasteiger partial charge < -0.3 is 19.3 Å². The molecule has 53 heavy (non-hydrogen) atoms. The van der Waals surface area contributed by atoms with Crippen molar-refractivity contribution in [2.45, 2.75) is 36.6 Å². The van der Waals surface area contributed by atoms with Crippen LogP contribution in [0.2, 0.25) is 5.02 Å². The van der Waals surface area contributed by atoms with Crippen molar-refractivity contribution in [2.24, 2.45) is 0 Å². The summed E-state index contributed by atoms with van der Waals surface area (Å²) in [5.74, 6) is -0.222. The molecule has 1 saturated heterocycles. The van der Waals surface area contributed by atoms with Gasteiger partial charge in [-0.05, 0) is 84.0 Å². The van der Waals surface area contributed by atoms with Crippen molar-refractivity contribution < 1.29 is 23.1 Å². The van der Waals surface area contributed by atoms with Crippen LogP contribution in [0.5, 0.6) is 0 Å². The number of hydrogen-bond donors (Lipinski definition) is 2. The lowest BCUT2D eigenvalue weighted by atomic mass is 9.97. The second-order valence-electron chi connectivity index (χ2n) is 13.1. The van der Waals surface area contributed by atoms with Crippen molar-refractivity contribution in [3.05, 3.63) is 160 Å². The van der Waals surface area contributed by atoms with Crippen LogP contribution in [0, 0.1) is 0 Å². The summed E-state index contributed by atoms with van der Waals surface area (Å²) in [6, 6.07) is 36.8. The number of benzene rings is 4. The first-order valence-electron chi connectivity index (χ1n) is 17.8. The average molecular weight is 749 g/mol. The predicted molar refractivity (Wildman–Crippen MR) is 209 cm³/mol. The zero-order valence-corrected chi connectivity index (χ0v) is 30.8. The fraction of sp³-hybridized carbons (Fsp3) is 0.238. The minimum atomic E-state index is -3.86. The Kier molecular flexibility index (Phi) is 11.2. The van der Waals surface area contributed by atoms with Crippen LogP contribution in [0.25, 0.3) is 10.9 Å². The van der Waals surface area contributed by atoms with Gasteiger partial charge in [0.05, 0.1) is 24.8 Å². The molecule has 0 atom stereocenters. The van der Waals surface area contributed by atoms with Crippen molar-refractivity contribution in [3.8, 4) is 0 Å². The van der Waals surface area contributed by atoms with Crippen molar-refractivity contribution in [2.75, 3.05) is 37.7 Å². The number of morpholine rings is 1. The maximum absolute atomic E-state index is 13.6. The number of aromatic carboxylic acids is 1. The maximum Gasteiger partial charge on any atom is 0.335 e. The Hall–Kier alpha value is -5.00. The minimum Gasteiger partial charge on any atom is -0.478 e. The van der Waals surface area contributed by atoms with Gasteiger partial charge in [0, 0.05) is 53.9 Å². The molecule has 0 unspecified atom stereocenters. The van der Waals surface area contributed by atoms with E-state index in [0.29, 0.717) is 44.2 Å². The molecule has 1 fully saturated rings. The molecule has 0 amide bonds. The number of rotatable bonds is 14. The Balaban J connectivity index is 1.24. The lowest BCUT2D eigenvalue weighted by molar-refractivity contribution is 0.0697. The second kappa shape index (κ2) is 16.3. The molecule has 2 aromatic heterocycles. The van der Waals surface area contributed by atoms with E-state index in [0.717, 1.165) is 57.5 Å². The largest absolute Gasteiger partial charge is 0.478 e. The highest BCUT2D eigenvalue weighted by Gasteiger charge is 2.26. The number of aromatic nitrogens is 2. The molecule has 6 aromatic rings. The van der Waals surface area contributed by atoms with Gasteiger partial charge in [-0.2, -0.15) is 0 Å². The molecule has 1 aliphatic heterocycles. The van der Waals surface area contributed by atoms with Crippen LogP contribution in [-0.2, 0) is 34.0 Å². The normalized spacial score (nSPS) is 13.5. The first-order chi connectivity index (χ1) is 25.8. The summed E-state index contributed by atoms with van der Waals surface area (Å²) in [5, 5.41) is 11.0. The Morgan fingerprint density at radius 1 is 0.849 bits per heavy atom. The Morgan fingerprint density at radius 2 is 1.53 bits per heavy atom. The molecule has 7 rings (SSSR count). The van der Waals surface area contributed by atoms with Gasteiger partial charge in [0.15, 0.2) is 0 Å². The average Bonchev–Trinajstić information content (AvgIpc) is 3.47. The number of anilines is 1. The summed E-state index contributed by atoms with van der Waals surface area (Å²) in [4.78, 5) is 18.1. The van der Waals surface area contributed by atoms with E-state index < -0.39 is 16.0 Å². The Bertz CT molecular complexity index is 2240. The van der Waals surface area contributed by atoms with Gasteiger partial charge in [0.1, 0.15) is 10.7 Å². The standard InChI is InChI=1S/C42H41ClN4O5S/c43-34-18-20-38-37(28-34)36(13-7-8-30-14-16-33(17-15-30)42(48)49)39(47(38)41(31-9-3-1-4-10-31)32-11-5-2-6-12-32)22-23-45-53(50,51)35-19-21-40(44-29-35)46-24-26-52-27-25-46/h1-6,9-12,14-21,28-29,41,45H,7-8,13,22-27H2,(H,48,49). The van der Waals surface area contributed by atoms with Crippen molar-refractivity contribution in [1.29, 1.82) is 0 Å². The molecule has 0 aliphatic carbocycles. The lowest BCUT2D eigenvalue weighted by Crippen LogP contribution is -2.36. The highest BCUT2D eigenvalue weighted by molar-refractivity contribution is 7.89. The summed E-state index contributed by atoms with van der Waals surface area (Å²) in [6.45, 7) is 2.82. The van der Waals surface area contributed by atoms with Crippen molar-refractivity contribution >= 4 is 44.3 Å². The van der Waals surface area contributed by atoms with Gasteiger partial charge in [-0.25, -0.2) is 22.9 Å². The zero-order valence-electron chi connectivity index (χ0n) is 29.2. The zero-order chi connectivity index (χ0) is 36.8. The molecule has 2 N–H and O–H groups in total. The highest BCUT2D eigenvalue weighted by atomic mass is 35.5. The van der Waals surface area contributed by atoms with E-state index in [2.05, 4.69) is 49.5 Å². The van der Waals surface area contributed by atoms with Crippen LogP contribution in [0.3, 0.4) is 0 Å². The predicted octanol–water partition coefficient (Wildman–Crippen LogP) is 7.56. The number of carbonyl (C=O) groups is 1. The van der Waals surface area contributed by atoms with E-state index in [-0.39, 0.29) is 23.0 Å². The van der Waals surface area contributed by atoms with Gasteiger partial charge in [-0.3, -0.25) is 0 Å². The molecule has 272 valence electrons. The Morgan fingerprint density at radius 3 is 2.15 bits per heavy atom. The number of aryl methyl sites for hydroxylation is 2. The second-order valence-corrected chi connectivity index (χ2v) is 15.3. The number of nitrogens with zero attached hydrogens (tertiary/aromatic N) is 3. The number of pyridine rings is 1. The highest BCUT2D eigenvalue weighted by Crippen LogP contribution is 2.38. The number of carboxylic acid groups (broad SMARTS) is 1. The third-order valence-corrected chi connectivity index (χ3v) is 11.5. The molecule has 0 bridgehead atoms. The minimum absolute atomic E-state index is 0.113. The number of fused-ring (bicyclic) bond motifs is 1. The van der Waals surface area contributed by atoms with Crippen LogP contribution in [-0.4, -0.2) is 61.9 Å². The van der Waals surface area contributed by atoms with E-state index in [1.807, 2.05) is 60.7 Å². The molecule has 0 radical (unpaired) electrons. The fourth-order valence-corrected chi connectivity index (χ4v) is 8.34. The number of sulfonamides is 1. The fourth-order valence-electron chi connectivity index (χ4n) is 7.19. The number of carboxylic acids is 1. The number of halogens is 1. The monoisotopic (exact) mass is 748 g/mol. The molecular weight excluding hydrogens is 708 g/mol. The van der Waals surface area contributed by atoms with Crippen molar-refractivity contribution in [1.82, 2.24) is 14.3 Å². The quantitative estimate of drug-likeness (QED) is 0.118. The summed E-state index contributed by atoms with van der Waals surface area (Å²) in [5.41, 5.74) is 6.64. The third-order valence-electron chi connectivity index (χ3n) is 9.78. The maximum atomic E-state index is 13.6. The third kappa shape index (κ3) is 8.31. The van der Waals surface area contributed by atoms with Crippen molar-refractivity contribution in [3.63, 3.8) is 0 Å². The smallest absolute Gasteiger partial charge is 0.335 e. The molecular formula is C42H41ClN4O5S. The van der Waals surface area contributed by atoms with Gasteiger partial charge in [-0.1, -0.05) is 84.4 Å². The molecule has 0 spiro atoms.